The van der Waals surface area contributed by atoms with E-state index in [1.54, 1.807) is 6.08 Å². The van der Waals surface area contributed by atoms with Crippen molar-refractivity contribution in [2.45, 2.75) is 96.0 Å². The van der Waals surface area contributed by atoms with Gasteiger partial charge >= 0.3 is 5.97 Å². The van der Waals surface area contributed by atoms with Crippen LogP contribution in [0.15, 0.2) is 48.6 Å². The molecule has 0 spiro atoms. The number of esters is 1. The number of aryl methyl sites for hydroxylation is 1. The van der Waals surface area contributed by atoms with Crippen LogP contribution in [0.1, 0.15) is 94.6 Å². The molecule has 32 heavy (non-hydrogen) atoms. The Kier molecular flexibility index (Phi) is 10.1. The van der Waals surface area contributed by atoms with Crippen LogP contribution in [-0.2, 0) is 16.0 Å². The summed E-state index contributed by atoms with van der Waals surface area (Å²) in [7, 11) is 0. The number of carbonyl (C=O) groups excluding carboxylic acids is 1. The fourth-order valence-electron chi connectivity index (χ4n) is 5.31. The van der Waals surface area contributed by atoms with Crippen molar-refractivity contribution in [2.75, 3.05) is 0 Å². The van der Waals surface area contributed by atoms with Gasteiger partial charge in [0.1, 0.15) is 6.10 Å². The number of benzene rings is 1. The summed E-state index contributed by atoms with van der Waals surface area (Å²) in [6.07, 6.45) is 20.5. The highest BCUT2D eigenvalue weighted by atomic mass is 16.5. The van der Waals surface area contributed by atoms with Gasteiger partial charge in [0.05, 0.1) is 12.0 Å². The zero-order valence-corrected chi connectivity index (χ0v) is 19.7. The van der Waals surface area contributed by atoms with E-state index in [4.69, 9.17) is 10.00 Å². The van der Waals surface area contributed by atoms with Gasteiger partial charge in [0.2, 0.25) is 0 Å². The Labute approximate surface area is 194 Å². The Bertz CT molecular complexity index is 785. The molecule has 0 radical (unpaired) electrons. The SMILES string of the molecule is CCCc1ccc(C2CCC(C(=O)OC3CCC(CCC=CC=CC#N)CC3)CC2)cc1. The van der Waals surface area contributed by atoms with Crippen LogP contribution in [0.4, 0.5) is 0 Å². The third-order valence-electron chi connectivity index (χ3n) is 7.29. The van der Waals surface area contributed by atoms with Gasteiger partial charge in [0.15, 0.2) is 0 Å². The summed E-state index contributed by atoms with van der Waals surface area (Å²) in [5.74, 6) is 1.47. The van der Waals surface area contributed by atoms with E-state index in [0.717, 1.165) is 70.1 Å². The molecule has 3 nitrogen and oxygen atoms in total. The first-order valence-electron chi connectivity index (χ1n) is 12.7. The fraction of sp³-hybridized carbons (Fsp3) is 0.586. The van der Waals surface area contributed by atoms with E-state index < -0.39 is 0 Å². The zero-order valence-electron chi connectivity index (χ0n) is 19.7. The number of ether oxygens (including phenoxy) is 1. The molecule has 0 N–H and O–H groups in total. The van der Waals surface area contributed by atoms with Gasteiger partial charge in [0.25, 0.3) is 0 Å². The van der Waals surface area contributed by atoms with E-state index in [0.29, 0.717) is 5.92 Å². The molecule has 2 aliphatic carbocycles. The standard InChI is InChI=1S/C29H39NO2/c1-2-8-23-10-14-25(15-11-23)26-16-18-27(19-17-26)29(31)32-28-20-12-24(13-21-28)9-6-4-3-5-7-22-30/h3-5,7,10-11,14-15,24,26-28H,2,6,8-9,12-13,16-21H2,1H3. The normalized spacial score (nSPS) is 26.2. The summed E-state index contributed by atoms with van der Waals surface area (Å²) < 4.78 is 5.94. The van der Waals surface area contributed by atoms with Gasteiger partial charge in [-0.05, 0) is 93.6 Å². The first-order valence-corrected chi connectivity index (χ1v) is 12.7. The number of rotatable bonds is 9. The Morgan fingerprint density at radius 3 is 2.41 bits per heavy atom. The van der Waals surface area contributed by atoms with E-state index >= 15 is 0 Å². The Hall–Kier alpha value is -2.34. The second-order valence-corrected chi connectivity index (χ2v) is 9.61. The second-order valence-electron chi connectivity index (χ2n) is 9.61. The third-order valence-corrected chi connectivity index (χ3v) is 7.29. The lowest BCUT2D eigenvalue weighted by Gasteiger charge is -2.31. The maximum absolute atomic E-state index is 12.7. The maximum atomic E-state index is 12.7. The minimum Gasteiger partial charge on any atom is -0.462 e. The van der Waals surface area contributed by atoms with E-state index in [1.807, 2.05) is 12.1 Å². The Morgan fingerprint density at radius 2 is 1.75 bits per heavy atom. The third kappa shape index (κ3) is 7.66. The lowest BCUT2D eigenvalue weighted by atomic mass is 9.78. The smallest absolute Gasteiger partial charge is 0.309 e. The average Bonchev–Trinajstić information content (AvgIpc) is 2.83. The summed E-state index contributed by atoms with van der Waals surface area (Å²) in [5.41, 5.74) is 2.86. The van der Waals surface area contributed by atoms with Crippen molar-refractivity contribution in [2.24, 2.45) is 11.8 Å². The van der Waals surface area contributed by atoms with Crippen LogP contribution in [0.2, 0.25) is 0 Å². The van der Waals surface area contributed by atoms with Crippen molar-refractivity contribution >= 4 is 5.97 Å². The average molecular weight is 434 g/mol. The highest BCUT2D eigenvalue weighted by Gasteiger charge is 2.31. The topological polar surface area (TPSA) is 50.1 Å². The predicted octanol–water partition coefficient (Wildman–Crippen LogP) is 7.43. The summed E-state index contributed by atoms with van der Waals surface area (Å²) >= 11 is 0. The van der Waals surface area contributed by atoms with Gasteiger partial charge in [-0.15, -0.1) is 0 Å². The molecule has 0 amide bonds. The number of hydrogen-bond donors (Lipinski definition) is 0. The molecule has 2 saturated carbocycles. The van der Waals surface area contributed by atoms with Gasteiger partial charge in [-0.3, -0.25) is 4.79 Å². The van der Waals surface area contributed by atoms with Crippen LogP contribution in [0.3, 0.4) is 0 Å². The van der Waals surface area contributed by atoms with Crippen molar-refractivity contribution in [1.29, 1.82) is 5.26 Å². The Morgan fingerprint density at radius 1 is 1.03 bits per heavy atom. The molecule has 0 bridgehead atoms. The summed E-state index contributed by atoms with van der Waals surface area (Å²) in [5, 5.41) is 8.47. The van der Waals surface area contributed by atoms with Crippen LogP contribution in [0.5, 0.6) is 0 Å². The van der Waals surface area contributed by atoms with Crippen molar-refractivity contribution in [3.8, 4) is 6.07 Å². The van der Waals surface area contributed by atoms with Crippen LogP contribution < -0.4 is 0 Å². The van der Waals surface area contributed by atoms with Crippen molar-refractivity contribution < 1.29 is 9.53 Å². The number of carbonyl (C=O) groups is 1. The summed E-state index contributed by atoms with van der Waals surface area (Å²) in [6, 6.07) is 11.1. The molecule has 0 aromatic heterocycles. The molecule has 172 valence electrons. The van der Waals surface area contributed by atoms with E-state index in [9.17, 15) is 4.79 Å². The van der Waals surface area contributed by atoms with Crippen LogP contribution in [0, 0.1) is 23.2 Å². The number of hydrogen-bond acceptors (Lipinski definition) is 3. The van der Waals surface area contributed by atoms with E-state index in [-0.39, 0.29) is 18.0 Å². The molecule has 3 heteroatoms. The van der Waals surface area contributed by atoms with Crippen LogP contribution >= 0.6 is 0 Å². The fourth-order valence-corrected chi connectivity index (χ4v) is 5.31. The molecular weight excluding hydrogens is 394 g/mol. The molecular formula is C29H39NO2. The van der Waals surface area contributed by atoms with Gasteiger partial charge in [0, 0.05) is 6.08 Å². The predicted molar refractivity (Wildman–Crippen MR) is 130 cm³/mol. The molecule has 1 aromatic rings. The van der Waals surface area contributed by atoms with Gasteiger partial charge in [-0.25, -0.2) is 0 Å². The van der Waals surface area contributed by atoms with Crippen molar-refractivity contribution in [1.82, 2.24) is 0 Å². The number of nitrogens with zero attached hydrogens (tertiary/aromatic N) is 1. The van der Waals surface area contributed by atoms with E-state index in [2.05, 4.69) is 37.3 Å². The monoisotopic (exact) mass is 433 g/mol. The van der Waals surface area contributed by atoms with Gasteiger partial charge < -0.3 is 4.74 Å². The molecule has 1 aromatic carbocycles. The molecule has 0 heterocycles. The van der Waals surface area contributed by atoms with Crippen molar-refractivity contribution in [3.05, 3.63) is 59.7 Å². The molecule has 2 fully saturated rings. The Balaban J connectivity index is 1.33. The number of nitriles is 1. The lowest BCUT2D eigenvalue weighted by molar-refractivity contribution is -0.157. The molecule has 0 saturated heterocycles. The van der Waals surface area contributed by atoms with E-state index in [1.165, 1.54) is 30.0 Å². The highest BCUT2D eigenvalue weighted by Crippen LogP contribution is 2.37. The van der Waals surface area contributed by atoms with Crippen LogP contribution in [0.25, 0.3) is 0 Å². The molecule has 0 atom stereocenters. The zero-order chi connectivity index (χ0) is 22.6. The number of allylic oxidation sites excluding steroid dienone is 4. The van der Waals surface area contributed by atoms with Crippen molar-refractivity contribution in [3.63, 3.8) is 0 Å². The summed E-state index contributed by atoms with van der Waals surface area (Å²) in [4.78, 5) is 12.7. The second kappa shape index (κ2) is 13.3. The van der Waals surface area contributed by atoms with Gasteiger partial charge in [-0.2, -0.15) is 5.26 Å². The summed E-state index contributed by atoms with van der Waals surface area (Å²) in [6.45, 7) is 2.22. The van der Waals surface area contributed by atoms with Gasteiger partial charge in [-0.1, -0.05) is 55.8 Å². The highest BCUT2D eigenvalue weighted by molar-refractivity contribution is 5.72. The lowest BCUT2D eigenvalue weighted by Crippen LogP contribution is -2.29. The first kappa shape index (κ1) is 24.3. The minimum absolute atomic E-state index is 0.0532. The minimum atomic E-state index is 0.0532. The molecule has 0 unspecified atom stereocenters. The largest absolute Gasteiger partial charge is 0.462 e. The van der Waals surface area contributed by atoms with Crippen LogP contribution in [-0.4, -0.2) is 12.1 Å². The maximum Gasteiger partial charge on any atom is 0.309 e. The quantitative estimate of drug-likeness (QED) is 0.231. The molecule has 2 aliphatic rings. The first-order chi connectivity index (χ1) is 15.7. The molecule has 3 rings (SSSR count). The molecule has 0 aliphatic heterocycles.